The molecule has 2 bridgehead atoms. The van der Waals surface area contributed by atoms with Crippen LogP contribution in [0.2, 0.25) is 0 Å². The smallest absolute Gasteiger partial charge is 0.323 e. The summed E-state index contributed by atoms with van der Waals surface area (Å²) in [6.45, 7) is 0.749. The van der Waals surface area contributed by atoms with Crippen LogP contribution < -0.4 is 0 Å². The van der Waals surface area contributed by atoms with E-state index in [1.807, 2.05) is 72.8 Å². The lowest BCUT2D eigenvalue weighted by Crippen LogP contribution is -2.67. The second kappa shape index (κ2) is 11.0. The van der Waals surface area contributed by atoms with Gasteiger partial charge in [-0.05, 0) is 46.4 Å². The number of benzene rings is 3. The number of aliphatic hydroxyl groups is 1. The summed E-state index contributed by atoms with van der Waals surface area (Å²) in [5.74, 6) is -1.45. The number of hydrogen-bond donors (Lipinski definition) is 2. The standard InChI is InChI=1S/C32H33N3O4S/c1-33(18-23-20-40-27-15-9-8-14-25(23)27)32(39)35-24-16-17-26(35)29(31(37)38)34(19-24)30(36)28(21-10-4-2-5-11-21)22-12-6-3-7-13-22/h2-15,20,24,26,28-30,36H,16-19H2,1H3,(H,37,38)/t24-,26+,29-,30?/m0/s1. The molecule has 0 spiro atoms. The fraction of sp³-hybridized carbons (Fsp3) is 0.312. The maximum atomic E-state index is 13.8. The maximum Gasteiger partial charge on any atom is 0.323 e. The van der Waals surface area contributed by atoms with Crippen molar-refractivity contribution in [2.24, 2.45) is 0 Å². The first kappa shape index (κ1) is 26.5. The summed E-state index contributed by atoms with van der Waals surface area (Å²) in [7, 11) is 1.78. The second-order valence-corrected chi connectivity index (χ2v) is 11.7. The van der Waals surface area contributed by atoms with E-state index in [9.17, 15) is 19.8 Å². The number of carboxylic acid groups (broad SMARTS) is 1. The molecule has 1 unspecified atom stereocenters. The maximum absolute atomic E-state index is 13.8. The SMILES string of the molecule is CN(Cc1csc2ccccc12)C(=O)N1[C@H]2CC[C@@H]1[C@@H](C(=O)O)N(C(O)C(c1ccccc1)c1ccccc1)C2. The van der Waals surface area contributed by atoms with E-state index in [1.165, 1.54) is 4.70 Å². The molecule has 2 aliphatic heterocycles. The van der Waals surface area contributed by atoms with E-state index in [0.29, 0.717) is 25.9 Å². The van der Waals surface area contributed by atoms with Gasteiger partial charge in [-0.3, -0.25) is 9.69 Å². The van der Waals surface area contributed by atoms with Crippen molar-refractivity contribution in [3.8, 4) is 0 Å². The highest BCUT2D eigenvalue weighted by molar-refractivity contribution is 7.17. The van der Waals surface area contributed by atoms with Crippen LogP contribution in [0.3, 0.4) is 0 Å². The van der Waals surface area contributed by atoms with E-state index in [-0.39, 0.29) is 12.1 Å². The molecule has 8 heteroatoms. The van der Waals surface area contributed by atoms with Gasteiger partial charge in [0.2, 0.25) is 0 Å². The topological polar surface area (TPSA) is 84.3 Å². The van der Waals surface area contributed by atoms with Crippen molar-refractivity contribution in [2.45, 2.75) is 49.7 Å². The predicted octanol–water partition coefficient (Wildman–Crippen LogP) is 5.21. The first-order valence-corrected chi connectivity index (χ1v) is 14.6. The molecule has 4 aromatic rings. The monoisotopic (exact) mass is 555 g/mol. The molecule has 40 heavy (non-hydrogen) atoms. The minimum atomic E-state index is -1.07. The normalized spacial score (nSPS) is 21.6. The average molecular weight is 556 g/mol. The Morgan fingerprint density at radius 3 is 2.23 bits per heavy atom. The second-order valence-electron chi connectivity index (χ2n) is 10.8. The van der Waals surface area contributed by atoms with Gasteiger partial charge < -0.3 is 20.0 Å². The van der Waals surface area contributed by atoms with E-state index in [0.717, 1.165) is 22.1 Å². The Balaban J connectivity index is 1.27. The van der Waals surface area contributed by atoms with Crippen molar-refractivity contribution in [2.75, 3.05) is 13.6 Å². The van der Waals surface area contributed by atoms with Crippen LogP contribution in [-0.4, -0.2) is 74.9 Å². The zero-order chi connectivity index (χ0) is 27.8. The lowest BCUT2D eigenvalue weighted by Gasteiger charge is -2.48. The number of amides is 2. The van der Waals surface area contributed by atoms with Gasteiger partial charge in [0.1, 0.15) is 12.3 Å². The summed E-state index contributed by atoms with van der Waals surface area (Å²) in [5, 5.41) is 25.6. The Bertz CT molecular complexity index is 1450. The molecule has 2 fully saturated rings. The van der Waals surface area contributed by atoms with Crippen LogP contribution in [0.5, 0.6) is 0 Å². The minimum Gasteiger partial charge on any atom is -0.480 e. The summed E-state index contributed by atoms with van der Waals surface area (Å²) < 4.78 is 1.18. The predicted molar refractivity (Wildman–Crippen MR) is 156 cm³/mol. The molecule has 0 saturated carbocycles. The highest BCUT2D eigenvalue weighted by Gasteiger charge is 2.54. The van der Waals surface area contributed by atoms with E-state index in [4.69, 9.17) is 0 Å². The van der Waals surface area contributed by atoms with Gasteiger partial charge >= 0.3 is 12.0 Å². The van der Waals surface area contributed by atoms with Crippen LogP contribution in [0.4, 0.5) is 4.79 Å². The summed E-state index contributed by atoms with van der Waals surface area (Å²) >= 11 is 1.66. The number of carboxylic acids is 1. The van der Waals surface area contributed by atoms with Gasteiger partial charge in [-0.15, -0.1) is 11.3 Å². The van der Waals surface area contributed by atoms with Crippen LogP contribution in [0.25, 0.3) is 10.1 Å². The number of carbonyl (C=O) groups is 2. The largest absolute Gasteiger partial charge is 0.480 e. The highest BCUT2D eigenvalue weighted by atomic mass is 32.1. The molecule has 206 valence electrons. The molecule has 3 heterocycles. The first-order valence-electron chi connectivity index (χ1n) is 13.7. The Morgan fingerprint density at radius 1 is 0.950 bits per heavy atom. The number of piperazine rings is 1. The van der Waals surface area contributed by atoms with Crippen molar-refractivity contribution >= 4 is 33.4 Å². The van der Waals surface area contributed by atoms with E-state index >= 15 is 0 Å². The number of thiophene rings is 1. The van der Waals surface area contributed by atoms with Crippen LogP contribution in [-0.2, 0) is 11.3 Å². The van der Waals surface area contributed by atoms with Gasteiger partial charge in [0.15, 0.2) is 0 Å². The number of carbonyl (C=O) groups excluding carboxylic acids is 1. The van der Waals surface area contributed by atoms with E-state index in [2.05, 4.69) is 17.5 Å². The molecule has 4 atom stereocenters. The molecular weight excluding hydrogens is 522 g/mol. The first-order chi connectivity index (χ1) is 19.4. The molecule has 3 aromatic carbocycles. The van der Waals surface area contributed by atoms with Crippen LogP contribution in [0, 0.1) is 0 Å². The van der Waals surface area contributed by atoms with Gasteiger partial charge in [0.25, 0.3) is 0 Å². The zero-order valence-corrected chi connectivity index (χ0v) is 23.2. The van der Waals surface area contributed by atoms with Crippen molar-refractivity contribution in [3.63, 3.8) is 0 Å². The lowest BCUT2D eigenvalue weighted by molar-refractivity contribution is -0.157. The number of aliphatic carboxylic acids is 1. The molecular formula is C32H33N3O4S. The van der Waals surface area contributed by atoms with Gasteiger partial charge in [0, 0.05) is 36.8 Å². The van der Waals surface area contributed by atoms with Crippen molar-refractivity contribution in [1.82, 2.24) is 14.7 Å². The van der Waals surface area contributed by atoms with Crippen molar-refractivity contribution in [3.05, 3.63) is 107 Å². The molecule has 2 amide bonds. The summed E-state index contributed by atoms with van der Waals surface area (Å²) in [6.07, 6.45) is 0.230. The number of urea groups is 1. The van der Waals surface area contributed by atoms with Gasteiger partial charge in [0.05, 0.1) is 6.04 Å². The number of nitrogens with zero attached hydrogens (tertiary/aromatic N) is 3. The Labute approximate surface area is 237 Å². The minimum absolute atomic E-state index is 0.161. The van der Waals surface area contributed by atoms with Crippen LogP contribution >= 0.6 is 11.3 Å². The number of hydrogen-bond acceptors (Lipinski definition) is 5. The summed E-state index contributed by atoms with van der Waals surface area (Å²) in [5.41, 5.74) is 2.92. The molecule has 0 aliphatic carbocycles. The zero-order valence-electron chi connectivity index (χ0n) is 22.3. The van der Waals surface area contributed by atoms with Crippen LogP contribution in [0.15, 0.2) is 90.3 Å². The number of fused-ring (bicyclic) bond motifs is 3. The number of rotatable bonds is 7. The van der Waals surface area contributed by atoms with Gasteiger partial charge in [-0.1, -0.05) is 78.9 Å². The van der Waals surface area contributed by atoms with Gasteiger partial charge in [-0.2, -0.15) is 0 Å². The summed E-state index contributed by atoms with van der Waals surface area (Å²) in [6, 6.07) is 25.7. The molecule has 2 saturated heterocycles. The molecule has 2 aliphatic rings. The molecule has 1 aromatic heterocycles. The third-order valence-corrected chi connectivity index (χ3v) is 9.43. The highest BCUT2D eigenvalue weighted by Crippen LogP contribution is 2.40. The van der Waals surface area contributed by atoms with E-state index < -0.39 is 30.2 Å². The Hall–Kier alpha value is -3.72. The van der Waals surface area contributed by atoms with E-state index in [1.54, 1.807) is 33.1 Å². The fourth-order valence-corrected chi connectivity index (χ4v) is 7.53. The lowest BCUT2D eigenvalue weighted by atomic mass is 9.87. The molecule has 6 rings (SSSR count). The Morgan fingerprint density at radius 2 is 1.57 bits per heavy atom. The number of likely N-dealkylation sites (tertiary alicyclic amines) is 1. The number of aliphatic hydroxyl groups excluding tert-OH is 1. The third-order valence-electron chi connectivity index (χ3n) is 8.41. The average Bonchev–Trinajstić information content (AvgIpc) is 3.52. The third kappa shape index (κ3) is 4.76. The van der Waals surface area contributed by atoms with Crippen LogP contribution in [0.1, 0.15) is 35.4 Å². The Kier molecular flexibility index (Phi) is 7.31. The molecule has 0 radical (unpaired) electrons. The molecule has 7 nitrogen and oxygen atoms in total. The molecule has 2 N–H and O–H groups in total. The van der Waals surface area contributed by atoms with Crippen molar-refractivity contribution in [1.29, 1.82) is 0 Å². The fourth-order valence-electron chi connectivity index (χ4n) is 6.58. The van der Waals surface area contributed by atoms with Crippen molar-refractivity contribution < 1.29 is 19.8 Å². The quantitative estimate of drug-likeness (QED) is 0.327. The summed E-state index contributed by atoms with van der Waals surface area (Å²) in [4.78, 5) is 31.8. The van der Waals surface area contributed by atoms with Gasteiger partial charge in [-0.25, -0.2) is 4.79 Å².